The predicted molar refractivity (Wildman–Crippen MR) is 152 cm³/mol. The van der Waals surface area contributed by atoms with Crippen molar-refractivity contribution in [2.45, 2.75) is 18.5 Å². The molecule has 10 nitrogen and oxygen atoms in total. The summed E-state index contributed by atoms with van der Waals surface area (Å²) >= 11 is 0. The van der Waals surface area contributed by atoms with Crippen molar-refractivity contribution < 1.29 is 30.0 Å². The van der Waals surface area contributed by atoms with Crippen LogP contribution in [-0.2, 0) is 18.5 Å². The third-order valence-electron chi connectivity index (χ3n) is 7.97. The fourth-order valence-electron chi connectivity index (χ4n) is 6.01. The summed E-state index contributed by atoms with van der Waals surface area (Å²) in [5.41, 5.74) is 14.7. The quantitative estimate of drug-likeness (QED) is 0.162. The molecule has 4 aromatic rings. The maximum Gasteiger partial charge on any atom is 0.254 e. The molecule has 41 heavy (non-hydrogen) atoms. The smallest absolute Gasteiger partial charge is 0.254 e. The molecular formula is C31H28N4O6. The van der Waals surface area contributed by atoms with E-state index in [9.17, 15) is 30.0 Å². The normalized spacial score (nSPS) is 15.3. The van der Waals surface area contributed by atoms with Gasteiger partial charge in [0.05, 0.1) is 5.41 Å². The lowest BCUT2D eigenvalue weighted by Crippen LogP contribution is -2.57. The van der Waals surface area contributed by atoms with Crippen LogP contribution in [0, 0.1) is 0 Å². The summed E-state index contributed by atoms with van der Waals surface area (Å²) in [6, 6.07) is 18.8. The fraction of sp³-hybridized carbons (Fsp3) is 0.161. The molecule has 8 N–H and O–H groups in total. The Morgan fingerprint density at radius 1 is 0.585 bits per heavy atom. The minimum absolute atomic E-state index is 0.0795. The van der Waals surface area contributed by atoms with Crippen molar-refractivity contribution in [2.75, 3.05) is 24.6 Å². The van der Waals surface area contributed by atoms with Crippen molar-refractivity contribution in [3.63, 3.8) is 0 Å². The molecular weight excluding hydrogens is 524 g/mol. The number of phenolic OH excluding ortho intramolecular Hbond substituents is 4. The molecule has 0 aliphatic carbocycles. The zero-order valence-electron chi connectivity index (χ0n) is 21.9. The molecule has 10 heteroatoms. The number of carbonyl (C=O) groups excluding carboxylic acids is 2. The van der Waals surface area contributed by atoms with Crippen LogP contribution in [0.2, 0.25) is 0 Å². The van der Waals surface area contributed by atoms with Crippen LogP contribution in [0.15, 0.2) is 72.8 Å². The van der Waals surface area contributed by atoms with Crippen LogP contribution in [0.4, 0.5) is 11.4 Å². The summed E-state index contributed by atoms with van der Waals surface area (Å²) in [7, 11) is 0. The monoisotopic (exact) mass is 552 g/mol. The number of rotatable bonds is 2. The number of benzene rings is 4. The number of anilines is 2. The molecule has 1 spiro atoms. The molecule has 0 aromatic heterocycles. The zero-order valence-corrected chi connectivity index (χ0v) is 21.9. The summed E-state index contributed by atoms with van der Waals surface area (Å²) in [6.07, 6.45) is 0. The van der Waals surface area contributed by atoms with E-state index in [2.05, 4.69) is 0 Å². The first-order valence-corrected chi connectivity index (χ1v) is 13.0. The second kappa shape index (κ2) is 9.37. The van der Waals surface area contributed by atoms with Gasteiger partial charge in [-0.2, -0.15) is 0 Å². The van der Waals surface area contributed by atoms with E-state index in [1.54, 1.807) is 58.3 Å². The van der Waals surface area contributed by atoms with E-state index in [1.165, 1.54) is 24.3 Å². The van der Waals surface area contributed by atoms with Crippen molar-refractivity contribution in [2.24, 2.45) is 0 Å². The van der Waals surface area contributed by atoms with Gasteiger partial charge in [0, 0.05) is 48.7 Å². The van der Waals surface area contributed by atoms with Crippen molar-refractivity contribution in [1.82, 2.24) is 9.80 Å². The molecule has 0 atom stereocenters. The number of hydrogen-bond donors (Lipinski definition) is 6. The van der Waals surface area contributed by atoms with E-state index in [0.29, 0.717) is 44.8 Å². The standard InChI is InChI=1S/C31H28N4O6/c32-21-5-1-17(2-6-21)29(40)34-13-19-9-25(36)27(38)11-23(19)31(15-34)16-35(30(41)18-3-7-22(33)8-4-18)14-20-10-26(37)28(39)12-24(20)31/h1-12,36-39H,13-16,32-33H2. The van der Waals surface area contributed by atoms with E-state index in [0.717, 1.165) is 0 Å². The number of nitrogens with zero attached hydrogens (tertiary/aromatic N) is 2. The van der Waals surface area contributed by atoms with Gasteiger partial charge >= 0.3 is 0 Å². The highest BCUT2D eigenvalue weighted by atomic mass is 16.3. The molecule has 0 bridgehead atoms. The van der Waals surface area contributed by atoms with Gasteiger partial charge in [-0.05, 0) is 95.1 Å². The van der Waals surface area contributed by atoms with Crippen molar-refractivity contribution >= 4 is 23.2 Å². The maximum absolute atomic E-state index is 13.8. The van der Waals surface area contributed by atoms with Gasteiger partial charge in [-0.1, -0.05) is 0 Å². The summed E-state index contributed by atoms with van der Waals surface area (Å²) in [5.74, 6) is -2.00. The summed E-state index contributed by atoms with van der Waals surface area (Å²) in [4.78, 5) is 30.8. The van der Waals surface area contributed by atoms with Gasteiger partial charge in [0.25, 0.3) is 11.8 Å². The minimum Gasteiger partial charge on any atom is -0.504 e. The molecule has 0 fully saturated rings. The van der Waals surface area contributed by atoms with Crippen LogP contribution in [-0.4, -0.2) is 55.1 Å². The molecule has 0 unspecified atom stereocenters. The van der Waals surface area contributed by atoms with Gasteiger partial charge in [-0.3, -0.25) is 9.59 Å². The molecule has 0 radical (unpaired) electrons. The number of nitrogen functional groups attached to an aromatic ring is 2. The molecule has 2 aliphatic rings. The molecule has 208 valence electrons. The Labute approximate surface area is 235 Å². The summed E-state index contributed by atoms with van der Waals surface area (Å²) in [5, 5.41) is 42.0. The lowest BCUT2D eigenvalue weighted by atomic mass is 9.66. The molecule has 2 aliphatic heterocycles. The summed E-state index contributed by atoms with van der Waals surface area (Å²) in [6.45, 7) is 0.408. The Bertz CT molecular complexity index is 1570. The van der Waals surface area contributed by atoms with Crippen LogP contribution >= 0.6 is 0 Å². The molecule has 2 heterocycles. The van der Waals surface area contributed by atoms with Gasteiger partial charge in [-0.15, -0.1) is 0 Å². The second-order valence-electron chi connectivity index (χ2n) is 10.6. The van der Waals surface area contributed by atoms with E-state index in [1.807, 2.05) is 0 Å². The van der Waals surface area contributed by atoms with Gasteiger partial charge in [0.15, 0.2) is 23.0 Å². The Kier molecular flexibility index (Phi) is 5.91. The van der Waals surface area contributed by atoms with E-state index in [4.69, 9.17) is 11.5 Å². The first kappa shape index (κ1) is 25.9. The average molecular weight is 553 g/mol. The number of aromatic hydroxyl groups is 4. The fourth-order valence-corrected chi connectivity index (χ4v) is 6.01. The van der Waals surface area contributed by atoms with Gasteiger partial charge in [-0.25, -0.2) is 0 Å². The Morgan fingerprint density at radius 2 is 0.927 bits per heavy atom. The summed E-state index contributed by atoms with van der Waals surface area (Å²) < 4.78 is 0. The van der Waals surface area contributed by atoms with Crippen molar-refractivity contribution in [3.8, 4) is 23.0 Å². The van der Waals surface area contributed by atoms with Crippen molar-refractivity contribution in [1.29, 1.82) is 0 Å². The Hall–Kier alpha value is -5.38. The van der Waals surface area contributed by atoms with Crippen LogP contribution in [0.25, 0.3) is 0 Å². The van der Waals surface area contributed by atoms with Crippen LogP contribution in [0.5, 0.6) is 23.0 Å². The topological polar surface area (TPSA) is 174 Å². The number of fused-ring (bicyclic) bond motifs is 4. The van der Waals surface area contributed by atoms with Crippen LogP contribution in [0.1, 0.15) is 43.0 Å². The Balaban J connectivity index is 1.54. The maximum atomic E-state index is 13.8. The highest BCUT2D eigenvalue weighted by molar-refractivity contribution is 5.96. The highest BCUT2D eigenvalue weighted by Gasteiger charge is 2.49. The molecule has 0 saturated carbocycles. The number of phenols is 4. The van der Waals surface area contributed by atoms with Gasteiger partial charge < -0.3 is 41.7 Å². The van der Waals surface area contributed by atoms with Gasteiger partial charge in [0.1, 0.15) is 0 Å². The van der Waals surface area contributed by atoms with Crippen LogP contribution < -0.4 is 11.5 Å². The number of amides is 2. The zero-order chi connectivity index (χ0) is 29.1. The first-order chi connectivity index (χ1) is 19.6. The molecule has 4 aromatic carbocycles. The molecule has 6 rings (SSSR count). The Morgan fingerprint density at radius 3 is 1.29 bits per heavy atom. The number of nitrogens with two attached hydrogens (primary N) is 2. The second-order valence-corrected chi connectivity index (χ2v) is 10.6. The van der Waals surface area contributed by atoms with Crippen molar-refractivity contribution in [3.05, 3.63) is 106 Å². The number of hydrogen-bond acceptors (Lipinski definition) is 8. The molecule has 2 amide bonds. The third-order valence-corrected chi connectivity index (χ3v) is 7.97. The van der Waals surface area contributed by atoms with Gasteiger partial charge in [0.2, 0.25) is 0 Å². The number of carbonyl (C=O) groups is 2. The largest absolute Gasteiger partial charge is 0.504 e. The lowest BCUT2D eigenvalue weighted by Gasteiger charge is -2.50. The van der Waals surface area contributed by atoms with E-state index < -0.39 is 5.41 Å². The minimum atomic E-state index is -1.13. The SMILES string of the molecule is Nc1ccc(C(=O)N2Cc3cc(O)c(O)cc3C3(C2)CN(C(=O)c2ccc(N)cc2)Cc2cc(O)c(O)cc23)cc1. The molecule has 0 saturated heterocycles. The predicted octanol–water partition coefficient (Wildman–Crippen LogP) is 3.27. The average Bonchev–Trinajstić information content (AvgIpc) is 2.95. The third kappa shape index (κ3) is 4.29. The highest BCUT2D eigenvalue weighted by Crippen LogP contribution is 2.49. The van der Waals surface area contributed by atoms with E-state index >= 15 is 0 Å². The lowest BCUT2D eigenvalue weighted by molar-refractivity contribution is 0.0577. The van der Waals surface area contributed by atoms with Crippen LogP contribution in [0.3, 0.4) is 0 Å². The van der Waals surface area contributed by atoms with E-state index in [-0.39, 0.29) is 61.0 Å². The first-order valence-electron chi connectivity index (χ1n) is 13.0.